The molecule has 61 heavy (non-hydrogen) atoms. The summed E-state index contributed by atoms with van der Waals surface area (Å²) in [4.78, 5) is 11.8. The molecule has 9 aromatic rings. The van der Waals surface area contributed by atoms with Crippen molar-refractivity contribution in [2.24, 2.45) is 21.6 Å². The summed E-state index contributed by atoms with van der Waals surface area (Å²) in [7, 11) is 0. The minimum atomic E-state index is 0.147. The minimum Gasteiger partial charge on any atom is -0.460 e. The molecule has 0 saturated carbocycles. The maximum atomic E-state index is 6.94. The van der Waals surface area contributed by atoms with Gasteiger partial charge in [-0.1, -0.05) is 127 Å². The second-order valence-corrected chi connectivity index (χ2v) is 17.5. The average molecular weight is 808 g/mol. The van der Waals surface area contributed by atoms with Crippen LogP contribution in [0.15, 0.2) is 164 Å². The highest BCUT2D eigenvalue weighted by Gasteiger charge is 2.26. The molecule has 5 nitrogen and oxygen atoms in total. The number of nitrogens with two attached hydrogens (primary N) is 1. The predicted octanol–water partition coefficient (Wildman–Crippen LogP) is 13.6. The monoisotopic (exact) mass is 807 g/mol. The third kappa shape index (κ3) is 6.20. The van der Waals surface area contributed by atoms with Gasteiger partial charge in [0.2, 0.25) is 0 Å². The van der Waals surface area contributed by atoms with Crippen LogP contribution in [0, 0.1) is 5.92 Å². The van der Waals surface area contributed by atoms with Crippen molar-refractivity contribution < 1.29 is 8.83 Å². The summed E-state index contributed by atoms with van der Waals surface area (Å²) in [5.74, 6) is 3.21. The van der Waals surface area contributed by atoms with Crippen LogP contribution in [0.25, 0.3) is 71.6 Å². The van der Waals surface area contributed by atoms with Crippen LogP contribution in [0.4, 0.5) is 0 Å². The van der Waals surface area contributed by atoms with Gasteiger partial charge in [-0.3, -0.25) is 4.99 Å². The molecule has 294 valence electrons. The number of furan rings is 2. The fourth-order valence-electron chi connectivity index (χ4n) is 9.67. The lowest BCUT2D eigenvalue weighted by Gasteiger charge is -2.18. The number of fused-ring (bicyclic) bond motifs is 10. The molecule has 0 spiro atoms. The highest BCUT2D eigenvalue weighted by atomic mass is 32.1. The van der Waals surface area contributed by atoms with E-state index in [1.54, 1.807) is 0 Å². The molecule has 0 saturated heterocycles. The van der Waals surface area contributed by atoms with Gasteiger partial charge >= 0.3 is 0 Å². The molecule has 0 amide bonds. The van der Waals surface area contributed by atoms with Gasteiger partial charge in [-0.2, -0.15) is 0 Å². The molecule has 12 rings (SSSR count). The third-order valence-corrected chi connectivity index (χ3v) is 13.8. The first-order chi connectivity index (χ1) is 30.1. The Kier molecular flexibility index (Phi) is 8.60. The van der Waals surface area contributed by atoms with Gasteiger partial charge in [0.25, 0.3) is 0 Å². The molecule has 2 N–H and O–H groups in total. The lowest BCUT2D eigenvalue weighted by Crippen LogP contribution is -2.17. The Balaban J connectivity index is 0.965. The Labute approximate surface area is 357 Å². The van der Waals surface area contributed by atoms with E-state index in [9.17, 15) is 0 Å². The number of allylic oxidation sites excluding steroid dienone is 2. The van der Waals surface area contributed by atoms with Crippen molar-refractivity contribution in [1.82, 2.24) is 0 Å². The molecule has 0 bridgehead atoms. The van der Waals surface area contributed by atoms with Crippen LogP contribution in [0.1, 0.15) is 62.6 Å². The number of hydrogen-bond donors (Lipinski definition) is 1. The molecule has 0 fully saturated rings. The summed E-state index contributed by atoms with van der Waals surface area (Å²) in [5, 5.41) is 5.95. The Morgan fingerprint density at radius 3 is 2.49 bits per heavy atom. The van der Waals surface area contributed by atoms with Gasteiger partial charge in [0.1, 0.15) is 28.5 Å². The number of benzene rings is 6. The van der Waals surface area contributed by atoms with E-state index >= 15 is 0 Å². The number of aliphatic imine (C=N–C) groups is 2. The van der Waals surface area contributed by atoms with Crippen LogP contribution in [0.2, 0.25) is 0 Å². The Bertz CT molecular complexity index is 3390. The second-order valence-electron chi connectivity index (χ2n) is 16.4. The number of para-hydroxylation sites is 2. The number of nitrogens with zero attached hydrogens (tertiary/aromatic N) is 2. The summed E-state index contributed by atoms with van der Waals surface area (Å²) in [6, 6.07) is 44.9. The van der Waals surface area contributed by atoms with E-state index in [-0.39, 0.29) is 5.92 Å². The third-order valence-electron chi connectivity index (χ3n) is 12.6. The summed E-state index contributed by atoms with van der Waals surface area (Å²) in [5.41, 5.74) is 18.9. The van der Waals surface area contributed by atoms with Crippen molar-refractivity contribution in [2.75, 3.05) is 6.54 Å². The lowest BCUT2D eigenvalue weighted by molar-refractivity contribution is 0.502. The van der Waals surface area contributed by atoms with Crippen molar-refractivity contribution in [3.05, 3.63) is 195 Å². The molecule has 6 heteroatoms. The van der Waals surface area contributed by atoms with E-state index < -0.39 is 0 Å². The second kappa shape index (κ2) is 14.6. The van der Waals surface area contributed by atoms with E-state index in [1.807, 2.05) is 53.8 Å². The highest BCUT2D eigenvalue weighted by molar-refractivity contribution is 7.20. The molecule has 6 aromatic carbocycles. The van der Waals surface area contributed by atoms with Gasteiger partial charge in [0, 0.05) is 73.5 Å². The number of thiophene rings is 1. The Hall–Kier alpha value is -7.02. The largest absolute Gasteiger partial charge is 0.460 e. The Morgan fingerprint density at radius 1 is 0.705 bits per heavy atom. The number of aryl methyl sites for hydroxylation is 2. The van der Waals surface area contributed by atoms with E-state index in [0.717, 1.165) is 93.2 Å². The van der Waals surface area contributed by atoms with Gasteiger partial charge in [-0.25, -0.2) is 4.99 Å². The van der Waals surface area contributed by atoms with Gasteiger partial charge in [0.15, 0.2) is 5.84 Å². The minimum absolute atomic E-state index is 0.147. The van der Waals surface area contributed by atoms with Crippen LogP contribution in [-0.2, 0) is 19.3 Å². The van der Waals surface area contributed by atoms with Gasteiger partial charge < -0.3 is 14.6 Å². The van der Waals surface area contributed by atoms with Gasteiger partial charge in [-0.05, 0) is 88.0 Å². The Morgan fingerprint density at radius 2 is 1.56 bits per heavy atom. The molecule has 3 aliphatic rings. The zero-order chi connectivity index (χ0) is 40.4. The van der Waals surface area contributed by atoms with Crippen molar-refractivity contribution in [2.45, 2.75) is 32.1 Å². The number of amidine groups is 2. The van der Waals surface area contributed by atoms with E-state index in [1.165, 1.54) is 48.2 Å². The standard InChI is InChI=1S/C55H41N3O2S/c56-54(34-12-2-1-3-13-34)58-55(57-32-33-24-26-41-40-16-6-8-21-47(40)59-49(41)28-33)37-29-35-14-4-5-15-38(35)46(30-37)44-19-11-22-48-52(44)45-20-10-18-39(53(45)60-48)36-25-27-43-42-17-7-9-23-50(42)61-51(43)31-36/h1-6,8-10,12-16,18-21,23-27,29-31,33H,7,11,17,22,28,32H2,(H2,56,57,58). The van der Waals surface area contributed by atoms with E-state index in [4.69, 9.17) is 24.6 Å². The number of rotatable bonds is 6. The molecule has 0 aliphatic heterocycles. The molecule has 3 aromatic heterocycles. The van der Waals surface area contributed by atoms with Crippen LogP contribution in [-0.4, -0.2) is 18.2 Å². The molecular weight excluding hydrogens is 767 g/mol. The van der Waals surface area contributed by atoms with Crippen LogP contribution < -0.4 is 5.73 Å². The van der Waals surface area contributed by atoms with Crippen LogP contribution in [0.3, 0.4) is 0 Å². The van der Waals surface area contributed by atoms with E-state index in [2.05, 4.69) is 115 Å². The fourth-order valence-corrected chi connectivity index (χ4v) is 10.9. The maximum Gasteiger partial charge on any atom is 0.157 e. The maximum absolute atomic E-state index is 6.94. The van der Waals surface area contributed by atoms with Gasteiger partial charge in [0.05, 0.1) is 0 Å². The van der Waals surface area contributed by atoms with Crippen molar-refractivity contribution in [3.8, 4) is 11.1 Å². The normalized spacial score (nSPS) is 16.3. The fraction of sp³-hybridized carbons (Fsp3) is 0.127. The van der Waals surface area contributed by atoms with Crippen molar-refractivity contribution in [3.63, 3.8) is 0 Å². The summed E-state index contributed by atoms with van der Waals surface area (Å²) in [6.07, 6.45) is 16.2. The molecule has 0 radical (unpaired) electrons. The number of hydrogen-bond acceptors (Lipinski definition) is 4. The van der Waals surface area contributed by atoms with Crippen molar-refractivity contribution in [1.29, 1.82) is 0 Å². The molecule has 3 aliphatic carbocycles. The van der Waals surface area contributed by atoms with E-state index in [0.29, 0.717) is 18.2 Å². The smallest absolute Gasteiger partial charge is 0.157 e. The zero-order valence-corrected chi connectivity index (χ0v) is 34.3. The SMILES string of the molecule is N/C(=N\C(=N/CC1C=Cc2c(oc3ccccc23)C1)c1cc(C2=CCCc3oc4c(-c5ccc6c7c(sc6c5)C=CCC7)cccc4c32)c2ccccc2c1)c1ccccc1. The van der Waals surface area contributed by atoms with Gasteiger partial charge in [-0.15, -0.1) is 11.3 Å². The van der Waals surface area contributed by atoms with Crippen LogP contribution in [0.5, 0.6) is 0 Å². The summed E-state index contributed by atoms with van der Waals surface area (Å²) in [6.45, 7) is 0.536. The first-order valence-electron chi connectivity index (χ1n) is 21.3. The summed E-state index contributed by atoms with van der Waals surface area (Å²) < 4.78 is 14.6. The molecular formula is C55H41N3O2S. The quantitative estimate of drug-likeness (QED) is 0.134. The molecule has 3 heterocycles. The lowest BCUT2D eigenvalue weighted by atomic mass is 9.85. The summed E-state index contributed by atoms with van der Waals surface area (Å²) >= 11 is 1.89. The van der Waals surface area contributed by atoms with Crippen LogP contribution >= 0.6 is 11.3 Å². The first-order valence-corrected chi connectivity index (χ1v) is 22.1. The molecule has 1 atom stereocenters. The van der Waals surface area contributed by atoms with Crippen molar-refractivity contribution >= 4 is 83.5 Å². The topological polar surface area (TPSA) is 77.0 Å². The first kappa shape index (κ1) is 35.9. The predicted molar refractivity (Wildman–Crippen MR) is 255 cm³/mol. The highest BCUT2D eigenvalue weighted by Crippen LogP contribution is 2.45. The molecule has 1 unspecified atom stereocenters. The average Bonchev–Trinajstić information content (AvgIpc) is 4.01. The zero-order valence-electron chi connectivity index (χ0n) is 33.5.